The summed E-state index contributed by atoms with van der Waals surface area (Å²) in [7, 11) is 3.96. The molecule has 1 unspecified atom stereocenters. The van der Waals surface area contributed by atoms with Gasteiger partial charge in [0.15, 0.2) is 0 Å². The largest absolute Gasteiger partial charge is 0.397 e. The van der Waals surface area contributed by atoms with Crippen LogP contribution in [-0.2, 0) is 11.3 Å². The summed E-state index contributed by atoms with van der Waals surface area (Å²) in [5.74, 6) is 0.0167. The molecule has 0 aliphatic carbocycles. The third kappa shape index (κ3) is 5.23. The van der Waals surface area contributed by atoms with Crippen LogP contribution in [0.4, 0.5) is 13.2 Å². The topological polar surface area (TPSA) is 41.4 Å². The Bertz CT molecular complexity index is 527. The monoisotopic (exact) mass is 332 g/mol. The Labute approximate surface area is 134 Å². The quantitative estimate of drug-likeness (QED) is 0.829. The molecule has 0 spiro atoms. The van der Waals surface area contributed by atoms with E-state index in [2.05, 4.69) is 9.88 Å². The summed E-state index contributed by atoms with van der Waals surface area (Å²) in [5, 5.41) is 0. The molecule has 2 heterocycles. The highest BCUT2D eigenvalue weighted by molar-refractivity contribution is 5.77. The predicted octanol–water partition coefficient (Wildman–Crippen LogP) is 2.10. The van der Waals surface area contributed by atoms with Gasteiger partial charge in [-0.05, 0) is 26.9 Å². The Balaban J connectivity index is 2.01. The van der Waals surface area contributed by atoms with Crippen molar-refractivity contribution in [3.63, 3.8) is 0 Å². The Kier molecular flexibility index (Phi) is 5.67. The number of imidazole rings is 1. The van der Waals surface area contributed by atoms with Gasteiger partial charge < -0.3 is 14.4 Å². The van der Waals surface area contributed by atoms with Gasteiger partial charge in [0.05, 0.1) is 0 Å². The Morgan fingerprint density at radius 3 is 2.83 bits per heavy atom. The number of piperidine rings is 1. The third-order valence-electron chi connectivity index (χ3n) is 4.03. The van der Waals surface area contributed by atoms with Gasteiger partial charge in [-0.15, -0.1) is 0 Å². The molecule has 1 atom stereocenters. The van der Waals surface area contributed by atoms with Gasteiger partial charge in [-0.1, -0.05) is 0 Å². The molecule has 8 heteroatoms. The summed E-state index contributed by atoms with van der Waals surface area (Å²) in [6.45, 7) is 2.33. The van der Waals surface area contributed by atoms with Crippen LogP contribution in [0.25, 0.3) is 0 Å². The highest BCUT2D eigenvalue weighted by Crippen LogP contribution is 2.28. The van der Waals surface area contributed by atoms with Gasteiger partial charge in [-0.3, -0.25) is 4.79 Å². The number of halogens is 3. The lowest BCUT2D eigenvalue weighted by Crippen LogP contribution is -2.41. The highest BCUT2D eigenvalue weighted by atomic mass is 19.4. The molecule has 23 heavy (non-hydrogen) atoms. The number of carbonyl (C=O) groups is 1. The van der Waals surface area contributed by atoms with E-state index in [-0.39, 0.29) is 5.92 Å². The SMILES string of the molecule is CN(C)CCn1ccnc1C1CCCN(C(=O)CC(F)(F)F)C1. The molecule has 1 amide bonds. The second-order valence-electron chi connectivity index (χ2n) is 6.25. The van der Waals surface area contributed by atoms with Crippen molar-refractivity contribution in [2.45, 2.75) is 37.9 Å². The van der Waals surface area contributed by atoms with Gasteiger partial charge in [0.25, 0.3) is 0 Å². The van der Waals surface area contributed by atoms with Crippen LogP contribution in [0.2, 0.25) is 0 Å². The smallest absolute Gasteiger partial charge is 0.342 e. The number of likely N-dealkylation sites (tertiary alicyclic amines) is 1. The first kappa shape index (κ1) is 17.8. The first-order valence-electron chi connectivity index (χ1n) is 7.76. The maximum absolute atomic E-state index is 12.4. The lowest BCUT2D eigenvalue weighted by atomic mass is 9.96. The van der Waals surface area contributed by atoms with Crippen molar-refractivity contribution in [2.75, 3.05) is 33.7 Å². The zero-order valence-corrected chi connectivity index (χ0v) is 13.5. The van der Waals surface area contributed by atoms with Crippen LogP contribution >= 0.6 is 0 Å². The standard InChI is InChI=1S/C15H23F3N4O/c1-20(2)8-9-21-7-5-19-14(21)12-4-3-6-22(11-12)13(23)10-15(16,17)18/h5,7,12H,3-4,6,8-11H2,1-2H3. The number of rotatable bonds is 5. The molecule has 1 aromatic heterocycles. The van der Waals surface area contributed by atoms with Crippen molar-refractivity contribution in [3.05, 3.63) is 18.2 Å². The van der Waals surface area contributed by atoms with Gasteiger partial charge >= 0.3 is 6.18 Å². The summed E-state index contributed by atoms with van der Waals surface area (Å²) in [4.78, 5) is 19.6. The van der Waals surface area contributed by atoms with E-state index in [9.17, 15) is 18.0 Å². The summed E-state index contributed by atoms with van der Waals surface area (Å²) in [6.07, 6.45) is -0.691. The fourth-order valence-corrected chi connectivity index (χ4v) is 2.88. The summed E-state index contributed by atoms with van der Waals surface area (Å²) in [6, 6.07) is 0. The fraction of sp³-hybridized carbons (Fsp3) is 0.733. The lowest BCUT2D eigenvalue weighted by molar-refractivity contribution is -0.162. The van der Waals surface area contributed by atoms with Gasteiger partial charge in [0.2, 0.25) is 5.91 Å². The van der Waals surface area contributed by atoms with E-state index in [0.29, 0.717) is 19.5 Å². The van der Waals surface area contributed by atoms with E-state index in [4.69, 9.17) is 0 Å². The molecule has 0 N–H and O–H groups in total. The van der Waals surface area contributed by atoms with Crippen LogP contribution in [-0.4, -0.2) is 65.2 Å². The Morgan fingerprint density at radius 2 is 2.17 bits per heavy atom. The molecule has 1 aromatic rings. The molecule has 0 bridgehead atoms. The summed E-state index contributed by atoms with van der Waals surface area (Å²) >= 11 is 0. The number of hydrogen-bond donors (Lipinski definition) is 0. The van der Waals surface area contributed by atoms with Crippen LogP contribution in [0.1, 0.15) is 31.0 Å². The minimum absolute atomic E-state index is 0.00176. The van der Waals surface area contributed by atoms with Crippen LogP contribution in [0.3, 0.4) is 0 Å². The Hall–Kier alpha value is -1.57. The molecule has 1 aliphatic rings. The van der Waals surface area contributed by atoms with E-state index in [1.165, 1.54) is 4.90 Å². The van der Waals surface area contributed by atoms with Gasteiger partial charge in [-0.2, -0.15) is 13.2 Å². The van der Waals surface area contributed by atoms with Crippen LogP contribution in [0.5, 0.6) is 0 Å². The van der Waals surface area contributed by atoms with E-state index < -0.39 is 18.5 Å². The van der Waals surface area contributed by atoms with Crippen molar-refractivity contribution in [3.8, 4) is 0 Å². The normalized spacial score (nSPS) is 19.4. The molecule has 130 valence electrons. The predicted molar refractivity (Wildman–Crippen MR) is 80.0 cm³/mol. The molecule has 0 aromatic carbocycles. The Morgan fingerprint density at radius 1 is 1.43 bits per heavy atom. The minimum atomic E-state index is -4.45. The second-order valence-corrected chi connectivity index (χ2v) is 6.25. The molecule has 1 fully saturated rings. The van der Waals surface area contributed by atoms with Crippen LogP contribution in [0, 0.1) is 0 Å². The number of alkyl halides is 3. The fourth-order valence-electron chi connectivity index (χ4n) is 2.88. The van der Waals surface area contributed by atoms with E-state index in [1.807, 2.05) is 24.9 Å². The average Bonchev–Trinajstić information content (AvgIpc) is 2.92. The minimum Gasteiger partial charge on any atom is -0.342 e. The maximum Gasteiger partial charge on any atom is 0.397 e. The first-order valence-corrected chi connectivity index (χ1v) is 7.76. The number of aromatic nitrogens is 2. The van der Waals surface area contributed by atoms with Crippen molar-refractivity contribution in [1.82, 2.24) is 19.4 Å². The second kappa shape index (κ2) is 7.33. The number of hydrogen-bond acceptors (Lipinski definition) is 3. The van der Waals surface area contributed by atoms with E-state index in [0.717, 1.165) is 25.3 Å². The van der Waals surface area contributed by atoms with Gasteiger partial charge in [0, 0.05) is 44.5 Å². The van der Waals surface area contributed by atoms with E-state index >= 15 is 0 Å². The van der Waals surface area contributed by atoms with Crippen LogP contribution < -0.4 is 0 Å². The maximum atomic E-state index is 12.4. The van der Waals surface area contributed by atoms with Crippen molar-refractivity contribution in [2.24, 2.45) is 0 Å². The number of nitrogens with zero attached hydrogens (tertiary/aromatic N) is 4. The van der Waals surface area contributed by atoms with Gasteiger partial charge in [-0.25, -0.2) is 4.98 Å². The number of likely N-dealkylation sites (N-methyl/N-ethyl adjacent to an activating group) is 1. The van der Waals surface area contributed by atoms with Gasteiger partial charge in [0.1, 0.15) is 12.2 Å². The molecule has 5 nitrogen and oxygen atoms in total. The first-order chi connectivity index (χ1) is 10.8. The average molecular weight is 332 g/mol. The van der Waals surface area contributed by atoms with E-state index in [1.54, 1.807) is 6.20 Å². The highest BCUT2D eigenvalue weighted by Gasteiger charge is 2.35. The zero-order chi connectivity index (χ0) is 17.0. The molecule has 0 saturated carbocycles. The van der Waals surface area contributed by atoms with Crippen molar-refractivity contribution >= 4 is 5.91 Å². The molecule has 1 aliphatic heterocycles. The van der Waals surface area contributed by atoms with Crippen LogP contribution in [0.15, 0.2) is 12.4 Å². The molecule has 2 rings (SSSR count). The summed E-state index contributed by atoms with van der Waals surface area (Å²) < 4.78 is 39.2. The van der Waals surface area contributed by atoms with Crippen molar-refractivity contribution < 1.29 is 18.0 Å². The van der Waals surface area contributed by atoms with Crippen molar-refractivity contribution in [1.29, 1.82) is 0 Å². The molecular formula is C15H23F3N4O. The third-order valence-corrected chi connectivity index (χ3v) is 4.03. The molecule has 0 radical (unpaired) electrons. The molecular weight excluding hydrogens is 309 g/mol. The number of amides is 1. The zero-order valence-electron chi connectivity index (χ0n) is 13.5. The summed E-state index contributed by atoms with van der Waals surface area (Å²) in [5.41, 5.74) is 0. The lowest BCUT2D eigenvalue weighted by Gasteiger charge is -2.33. The number of carbonyl (C=O) groups excluding carboxylic acids is 1. The molecule has 1 saturated heterocycles.